The highest BCUT2D eigenvalue weighted by atomic mass is 35.5. The van der Waals surface area contributed by atoms with Gasteiger partial charge in [-0.05, 0) is 54.1 Å². The fraction of sp³-hybridized carbons (Fsp3) is 0.148. The summed E-state index contributed by atoms with van der Waals surface area (Å²) in [6.45, 7) is 0. The molecule has 3 aliphatic rings. The monoisotopic (exact) mass is 488 g/mol. The molecule has 3 aromatic rings. The van der Waals surface area contributed by atoms with Gasteiger partial charge in [0.25, 0.3) is 0 Å². The molecule has 3 aliphatic heterocycles. The van der Waals surface area contributed by atoms with Gasteiger partial charge in [0.05, 0.1) is 23.6 Å². The van der Waals surface area contributed by atoms with Gasteiger partial charge in [-0.1, -0.05) is 59.6 Å². The van der Waals surface area contributed by atoms with Gasteiger partial charge in [-0.25, -0.2) is 4.90 Å². The number of carbonyl (C=O) groups excluding carboxylic acids is 3. The van der Waals surface area contributed by atoms with E-state index >= 15 is 0 Å². The standard InChI is InChI=1S/C27H18Cl2N2O3/c28-17-11-8-16(9-12-17)25(32)24-23-22(21-13-10-15-4-1-2-7-20(15)31(21)24)26(33)30(27(23)34)19-6-3-5-18(29)14-19/h1-14,21-24H/t21-,22-,23-,24+/m1/s1. The van der Waals surface area contributed by atoms with E-state index in [9.17, 15) is 14.4 Å². The summed E-state index contributed by atoms with van der Waals surface area (Å²) in [5.74, 6) is -2.42. The van der Waals surface area contributed by atoms with Crippen LogP contribution in [0.4, 0.5) is 11.4 Å². The molecule has 0 aliphatic carbocycles. The highest BCUT2D eigenvalue weighted by molar-refractivity contribution is 6.32. The zero-order chi connectivity index (χ0) is 23.6. The first-order valence-electron chi connectivity index (χ1n) is 10.9. The summed E-state index contributed by atoms with van der Waals surface area (Å²) in [6, 6.07) is 19.8. The first-order valence-corrected chi connectivity index (χ1v) is 11.7. The first-order chi connectivity index (χ1) is 16.5. The van der Waals surface area contributed by atoms with Gasteiger partial charge >= 0.3 is 0 Å². The number of amides is 2. The Hall–Kier alpha value is -3.41. The smallest absolute Gasteiger partial charge is 0.240 e. The number of anilines is 2. The molecular formula is C27H18Cl2N2O3. The molecule has 2 amide bonds. The van der Waals surface area contributed by atoms with Gasteiger partial charge in [0.1, 0.15) is 6.04 Å². The molecular weight excluding hydrogens is 471 g/mol. The number of Topliss-reactive ketones (excluding diaryl/α,β-unsaturated/α-hetero) is 1. The van der Waals surface area contributed by atoms with Crippen LogP contribution < -0.4 is 9.80 Å². The molecule has 0 spiro atoms. The van der Waals surface area contributed by atoms with Crippen LogP contribution in [0.3, 0.4) is 0 Å². The molecule has 168 valence electrons. The third-order valence-corrected chi connectivity index (χ3v) is 7.37. The molecule has 0 N–H and O–H groups in total. The molecule has 3 heterocycles. The SMILES string of the molecule is O=C(c1ccc(Cl)cc1)[C@@H]1[C@@H]2C(=O)N(c3cccc(Cl)c3)C(=O)[C@@H]2[C@H]2C=Cc3ccccc3N21. The lowest BCUT2D eigenvalue weighted by Gasteiger charge is -2.36. The van der Waals surface area contributed by atoms with E-state index in [-0.39, 0.29) is 17.6 Å². The molecule has 3 aromatic carbocycles. The van der Waals surface area contributed by atoms with Crippen LogP contribution in [-0.4, -0.2) is 29.7 Å². The van der Waals surface area contributed by atoms with E-state index in [1.165, 1.54) is 4.90 Å². The maximum absolute atomic E-state index is 13.9. The summed E-state index contributed by atoms with van der Waals surface area (Å²) < 4.78 is 0. The first kappa shape index (κ1) is 21.1. The molecule has 0 unspecified atom stereocenters. The lowest BCUT2D eigenvalue weighted by molar-refractivity contribution is -0.122. The summed E-state index contributed by atoms with van der Waals surface area (Å²) in [4.78, 5) is 44.5. The second-order valence-electron chi connectivity index (χ2n) is 8.68. The normalized spacial score (nSPS) is 24.8. The van der Waals surface area contributed by atoms with Crippen LogP contribution in [0.1, 0.15) is 15.9 Å². The van der Waals surface area contributed by atoms with E-state index in [4.69, 9.17) is 23.2 Å². The molecule has 7 heteroatoms. The Labute approximate surface area is 206 Å². The largest absolute Gasteiger partial charge is 0.352 e. The second kappa shape index (κ2) is 7.83. The number of imide groups is 1. The Kier molecular flexibility index (Phi) is 4.87. The molecule has 0 saturated carbocycles. The summed E-state index contributed by atoms with van der Waals surface area (Å²) in [5.41, 5.74) is 2.65. The molecule has 0 aromatic heterocycles. The van der Waals surface area contributed by atoms with Crippen LogP contribution in [0.25, 0.3) is 6.08 Å². The Balaban J connectivity index is 1.50. The van der Waals surface area contributed by atoms with E-state index in [1.54, 1.807) is 48.5 Å². The van der Waals surface area contributed by atoms with Crippen molar-refractivity contribution in [1.82, 2.24) is 0 Å². The summed E-state index contributed by atoms with van der Waals surface area (Å²) in [7, 11) is 0. The molecule has 0 radical (unpaired) electrons. The van der Waals surface area contributed by atoms with Crippen molar-refractivity contribution in [3.05, 3.63) is 100 Å². The van der Waals surface area contributed by atoms with E-state index < -0.39 is 23.9 Å². The minimum atomic E-state index is -0.831. The lowest BCUT2D eigenvalue weighted by atomic mass is 9.86. The fourth-order valence-electron chi connectivity index (χ4n) is 5.47. The Morgan fingerprint density at radius 3 is 2.29 bits per heavy atom. The van der Waals surface area contributed by atoms with Gasteiger partial charge in [-0.2, -0.15) is 0 Å². The third-order valence-electron chi connectivity index (χ3n) is 6.88. The van der Waals surface area contributed by atoms with Crippen molar-refractivity contribution in [3.8, 4) is 0 Å². The van der Waals surface area contributed by atoms with Crippen LogP contribution in [0.2, 0.25) is 10.0 Å². The predicted octanol–water partition coefficient (Wildman–Crippen LogP) is 5.27. The van der Waals surface area contributed by atoms with Crippen molar-refractivity contribution < 1.29 is 14.4 Å². The number of ketones is 1. The zero-order valence-electron chi connectivity index (χ0n) is 17.8. The minimum Gasteiger partial charge on any atom is -0.352 e. The fourth-order valence-corrected chi connectivity index (χ4v) is 5.78. The maximum atomic E-state index is 13.9. The van der Waals surface area contributed by atoms with Crippen molar-refractivity contribution in [2.24, 2.45) is 11.8 Å². The van der Waals surface area contributed by atoms with E-state index in [0.29, 0.717) is 21.3 Å². The average Bonchev–Trinajstić information content (AvgIpc) is 3.32. The van der Waals surface area contributed by atoms with Gasteiger partial charge in [-0.3, -0.25) is 14.4 Å². The van der Waals surface area contributed by atoms with Crippen molar-refractivity contribution in [2.45, 2.75) is 12.1 Å². The number of para-hydroxylation sites is 1. The Bertz CT molecular complexity index is 1380. The Morgan fingerprint density at radius 1 is 0.794 bits per heavy atom. The Morgan fingerprint density at radius 2 is 1.53 bits per heavy atom. The van der Waals surface area contributed by atoms with Crippen molar-refractivity contribution in [3.63, 3.8) is 0 Å². The number of hydrogen-bond donors (Lipinski definition) is 0. The van der Waals surface area contributed by atoms with Gasteiger partial charge < -0.3 is 4.90 Å². The van der Waals surface area contributed by atoms with Crippen molar-refractivity contribution >= 4 is 58.3 Å². The highest BCUT2D eigenvalue weighted by Crippen LogP contribution is 2.49. The average molecular weight is 489 g/mol. The van der Waals surface area contributed by atoms with Crippen LogP contribution in [0, 0.1) is 11.8 Å². The van der Waals surface area contributed by atoms with E-state index in [1.807, 2.05) is 41.3 Å². The quantitative estimate of drug-likeness (QED) is 0.372. The summed E-state index contributed by atoms with van der Waals surface area (Å²) in [6.07, 6.45) is 3.89. The van der Waals surface area contributed by atoms with Gasteiger partial charge in [-0.15, -0.1) is 0 Å². The van der Waals surface area contributed by atoms with Crippen LogP contribution >= 0.6 is 23.2 Å². The number of carbonyl (C=O) groups is 3. The van der Waals surface area contributed by atoms with Gasteiger partial charge in [0, 0.05) is 21.3 Å². The number of halogens is 2. The molecule has 6 rings (SSSR count). The third kappa shape index (κ3) is 3.04. The van der Waals surface area contributed by atoms with Crippen LogP contribution in [-0.2, 0) is 9.59 Å². The number of fused-ring (bicyclic) bond motifs is 5. The minimum absolute atomic E-state index is 0.214. The second-order valence-corrected chi connectivity index (χ2v) is 9.55. The number of rotatable bonds is 3. The van der Waals surface area contributed by atoms with Crippen molar-refractivity contribution in [2.75, 3.05) is 9.80 Å². The molecule has 34 heavy (non-hydrogen) atoms. The van der Waals surface area contributed by atoms with E-state index in [2.05, 4.69) is 0 Å². The zero-order valence-corrected chi connectivity index (χ0v) is 19.3. The highest BCUT2D eigenvalue weighted by Gasteiger charge is 2.64. The van der Waals surface area contributed by atoms with Gasteiger partial charge in [0.15, 0.2) is 5.78 Å². The maximum Gasteiger partial charge on any atom is 0.240 e. The lowest BCUT2D eigenvalue weighted by Crippen LogP contribution is -2.48. The summed E-state index contributed by atoms with van der Waals surface area (Å²) in [5, 5.41) is 0.946. The van der Waals surface area contributed by atoms with Gasteiger partial charge in [0.2, 0.25) is 11.8 Å². The van der Waals surface area contributed by atoms with Crippen molar-refractivity contribution in [1.29, 1.82) is 0 Å². The molecule has 5 nitrogen and oxygen atoms in total. The number of nitrogens with zero attached hydrogens (tertiary/aromatic N) is 2. The number of hydrogen-bond acceptors (Lipinski definition) is 4. The topological polar surface area (TPSA) is 57.7 Å². The molecule has 2 saturated heterocycles. The molecule has 0 bridgehead atoms. The number of benzene rings is 3. The van der Waals surface area contributed by atoms with Crippen LogP contribution in [0.15, 0.2) is 78.9 Å². The summed E-state index contributed by atoms with van der Waals surface area (Å²) >= 11 is 12.2. The molecule has 4 atom stereocenters. The van der Waals surface area contributed by atoms with Crippen LogP contribution in [0.5, 0.6) is 0 Å². The molecule has 2 fully saturated rings. The predicted molar refractivity (Wildman–Crippen MR) is 132 cm³/mol. The van der Waals surface area contributed by atoms with E-state index in [0.717, 1.165) is 11.3 Å².